The van der Waals surface area contributed by atoms with Gasteiger partial charge in [0.15, 0.2) is 0 Å². The minimum Gasteiger partial charge on any atom is -0.393 e. The van der Waals surface area contributed by atoms with Crippen molar-refractivity contribution in [2.75, 3.05) is 23.9 Å². The van der Waals surface area contributed by atoms with Crippen molar-refractivity contribution in [3.8, 4) is 0 Å². The molecule has 1 aromatic heterocycles. The molecule has 0 radical (unpaired) electrons. The molecule has 2 atom stereocenters. The first-order valence-electron chi connectivity index (χ1n) is 12.7. The minimum absolute atomic E-state index is 0.0697. The molecule has 1 saturated carbocycles. The van der Waals surface area contributed by atoms with E-state index < -0.39 is 24.8 Å². The molecule has 37 heavy (non-hydrogen) atoms. The number of amides is 2. The summed E-state index contributed by atoms with van der Waals surface area (Å²) in [5.74, 6) is 0.403. The topological polar surface area (TPSA) is 154 Å². The fourth-order valence-electron chi connectivity index (χ4n) is 4.79. The zero-order valence-corrected chi connectivity index (χ0v) is 21.0. The van der Waals surface area contributed by atoms with E-state index in [9.17, 15) is 19.8 Å². The number of fused-ring (bicyclic) bond motifs is 1. The Labute approximate surface area is 215 Å². The molecule has 0 aliphatic heterocycles. The number of aliphatic hydroxyl groups excluding tert-OH is 3. The summed E-state index contributed by atoms with van der Waals surface area (Å²) in [6.07, 6.45) is 3.33. The molecule has 6 N–H and O–H groups in total. The summed E-state index contributed by atoms with van der Waals surface area (Å²) >= 11 is 0. The second-order valence-corrected chi connectivity index (χ2v) is 9.70. The number of aliphatic hydroxyl groups is 3. The van der Waals surface area contributed by atoms with E-state index in [-0.39, 0.29) is 18.3 Å². The van der Waals surface area contributed by atoms with Crippen LogP contribution in [-0.2, 0) is 11.3 Å². The highest BCUT2D eigenvalue weighted by atomic mass is 16.3. The number of carbonyl (C=O) groups excluding carboxylic acids is 2. The average Bonchev–Trinajstić information content (AvgIpc) is 3.53. The summed E-state index contributed by atoms with van der Waals surface area (Å²) in [6.45, 7) is -0.0902. The number of aromatic nitrogens is 2. The van der Waals surface area contributed by atoms with Gasteiger partial charge in [0.1, 0.15) is 12.3 Å². The van der Waals surface area contributed by atoms with E-state index >= 15 is 0 Å². The SMILES string of the molecule is CN(C(=O)CC1CCCC1)c1ccc2c(c1)nc(NC(=O)c1ccc(C(O)CO)cc1)n2CCC(N)O. The number of aryl methyl sites for hydroxylation is 1. The van der Waals surface area contributed by atoms with Gasteiger partial charge < -0.3 is 30.5 Å². The number of nitrogens with two attached hydrogens (primary N) is 1. The van der Waals surface area contributed by atoms with Gasteiger partial charge in [-0.05, 0) is 54.7 Å². The predicted molar refractivity (Wildman–Crippen MR) is 141 cm³/mol. The Kier molecular flexibility index (Phi) is 8.55. The Morgan fingerprint density at radius 1 is 1.16 bits per heavy atom. The zero-order valence-electron chi connectivity index (χ0n) is 21.0. The molecule has 10 nitrogen and oxygen atoms in total. The first-order valence-corrected chi connectivity index (χ1v) is 12.7. The molecule has 0 spiro atoms. The first-order chi connectivity index (χ1) is 17.8. The maximum atomic E-state index is 13.0. The lowest BCUT2D eigenvalue weighted by Gasteiger charge is -2.19. The maximum Gasteiger partial charge on any atom is 0.257 e. The van der Waals surface area contributed by atoms with Crippen LogP contribution in [0.5, 0.6) is 0 Å². The van der Waals surface area contributed by atoms with Gasteiger partial charge >= 0.3 is 0 Å². The van der Waals surface area contributed by atoms with Gasteiger partial charge in [-0.15, -0.1) is 0 Å². The fourth-order valence-corrected chi connectivity index (χ4v) is 4.79. The van der Waals surface area contributed by atoms with E-state index in [0.29, 0.717) is 35.5 Å². The first kappa shape index (κ1) is 26.7. The lowest BCUT2D eigenvalue weighted by Crippen LogP contribution is -2.27. The summed E-state index contributed by atoms with van der Waals surface area (Å²) in [6, 6.07) is 11.8. The van der Waals surface area contributed by atoms with Crippen LogP contribution in [-0.4, -0.2) is 56.6 Å². The standard InChI is InChI=1S/C27H35N5O5/c1-31(25(36)14-17-4-2-3-5-17)20-10-11-22-21(15-20)29-27(32(22)13-12-24(28)35)30-26(37)19-8-6-18(7-9-19)23(34)16-33/h6-11,15,17,23-24,33-35H,2-5,12-14,16,28H2,1H3,(H,29,30,37). The number of nitrogens with one attached hydrogen (secondary N) is 1. The molecule has 10 heteroatoms. The predicted octanol–water partition coefficient (Wildman–Crippen LogP) is 2.52. The third kappa shape index (κ3) is 6.34. The van der Waals surface area contributed by atoms with E-state index in [4.69, 9.17) is 10.8 Å². The summed E-state index contributed by atoms with van der Waals surface area (Å²) in [7, 11) is 1.76. The molecule has 2 amide bonds. The monoisotopic (exact) mass is 509 g/mol. The van der Waals surface area contributed by atoms with Crippen molar-refractivity contribution < 1.29 is 24.9 Å². The van der Waals surface area contributed by atoms with E-state index in [1.54, 1.807) is 40.8 Å². The normalized spacial score (nSPS) is 15.6. The molecule has 2 unspecified atom stereocenters. The third-order valence-electron chi connectivity index (χ3n) is 7.04. The van der Waals surface area contributed by atoms with Gasteiger partial charge in [-0.2, -0.15) is 0 Å². The van der Waals surface area contributed by atoms with E-state index in [1.165, 1.54) is 12.8 Å². The molecule has 1 aliphatic rings. The van der Waals surface area contributed by atoms with Crippen LogP contribution < -0.4 is 16.0 Å². The molecular weight excluding hydrogens is 474 g/mol. The van der Waals surface area contributed by atoms with E-state index in [2.05, 4.69) is 10.3 Å². The van der Waals surface area contributed by atoms with Crippen molar-refractivity contribution in [2.24, 2.45) is 11.7 Å². The highest BCUT2D eigenvalue weighted by Crippen LogP contribution is 2.30. The highest BCUT2D eigenvalue weighted by Gasteiger charge is 2.22. The Morgan fingerprint density at radius 2 is 1.86 bits per heavy atom. The van der Waals surface area contributed by atoms with Gasteiger partial charge in [0.2, 0.25) is 11.9 Å². The van der Waals surface area contributed by atoms with Crippen LogP contribution in [0.2, 0.25) is 0 Å². The van der Waals surface area contributed by atoms with Crippen LogP contribution in [0, 0.1) is 5.92 Å². The number of nitrogens with zero attached hydrogens (tertiary/aromatic N) is 3. The number of benzene rings is 2. The number of hydrogen-bond acceptors (Lipinski definition) is 7. The largest absolute Gasteiger partial charge is 0.393 e. The van der Waals surface area contributed by atoms with Gasteiger partial charge in [-0.3, -0.25) is 14.9 Å². The smallest absolute Gasteiger partial charge is 0.257 e. The third-order valence-corrected chi connectivity index (χ3v) is 7.04. The summed E-state index contributed by atoms with van der Waals surface area (Å²) in [5, 5.41) is 31.3. The molecule has 1 aliphatic carbocycles. The Bertz CT molecular complexity index is 1230. The summed E-state index contributed by atoms with van der Waals surface area (Å²) in [5.41, 5.74) is 8.46. The quantitative estimate of drug-likeness (QED) is 0.263. The minimum atomic E-state index is -1.02. The molecule has 0 bridgehead atoms. The molecule has 198 valence electrons. The highest BCUT2D eigenvalue weighted by molar-refractivity contribution is 6.04. The molecule has 1 heterocycles. The van der Waals surface area contributed by atoms with Gasteiger partial charge in [-0.1, -0.05) is 25.0 Å². The van der Waals surface area contributed by atoms with Crippen molar-refractivity contribution in [1.82, 2.24) is 9.55 Å². The van der Waals surface area contributed by atoms with Crippen LogP contribution in [0.1, 0.15) is 60.6 Å². The molecule has 0 saturated heterocycles. The van der Waals surface area contributed by atoms with Gasteiger partial charge in [-0.25, -0.2) is 4.98 Å². The molecule has 1 fully saturated rings. The number of carbonyl (C=O) groups is 2. The number of hydrogen-bond donors (Lipinski definition) is 5. The Balaban J connectivity index is 1.57. The van der Waals surface area contributed by atoms with Crippen LogP contribution in [0.4, 0.5) is 11.6 Å². The summed E-state index contributed by atoms with van der Waals surface area (Å²) in [4.78, 5) is 32.1. The number of anilines is 2. The number of imidazole rings is 1. The molecule has 2 aromatic carbocycles. The lowest BCUT2D eigenvalue weighted by atomic mass is 10.0. The Hall–Kier alpha value is -3.31. The van der Waals surface area contributed by atoms with Crippen LogP contribution in [0.3, 0.4) is 0 Å². The van der Waals surface area contributed by atoms with Crippen molar-refractivity contribution in [3.63, 3.8) is 0 Å². The van der Waals surface area contributed by atoms with E-state index in [1.807, 2.05) is 18.2 Å². The molecule has 4 rings (SSSR count). The van der Waals surface area contributed by atoms with Crippen LogP contribution in [0.25, 0.3) is 11.0 Å². The fraction of sp³-hybridized carbons (Fsp3) is 0.444. The zero-order chi connectivity index (χ0) is 26.5. The second-order valence-electron chi connectivity index (χ2n) is 9.70. The van der Waals surface area contributed by atoms with Gasteiger partial charge in [0.05, 0.1) is 17.6 Å². The van der Waals surface area contributed by atoms with Crippen molar-refractivity contribution in [1.29, 1.82) is 0 Å². The van der Waals surface area contributed by atoms with Crippen molar-refractivity contribution >= 4 is 34.5 Å². The van der Waals surface area contributed by atoms with E-state index in [0.717, 1.165) is 24.0 Å². The summed E-state index contributed by atoms with van der Waals surface area (Å²) < 4.78 is 1.78. The Morgan fingerprint density at radius 3 is 2.51 bits per heavy atom. The van der Waals surface area contributed by atoms with Crippen molar-refractivity contribution in [3.05, 3.63) is 53.6 Å². The average molecular weight is 510 g/mol. The molecule has 3 aromatic rings. The lowest BCUT2D eigenvalue weighted by molar-refractivity contribution is -0.119. The molecular formula is C27H35N5O5. The maximum absolute atomic E-state index is 13.0. The second kappa shape index (κ2) is 11.8. The van der Waals surface area contributed by atoms with Crippen LogP contribution >= 0.6 is 0 Å². The number of rotatable bonds is 10. The van der Waals surface area contributed by atoms with Gasteiger partial charge in [0.25, 0.3) is 5.91 Å². The van der Waals surface area contributed by atoms with Crippen molar-refractivity contribution in [2.45, 2.75) is 57.4 Å². The van der Waals surface area contributed by atoms with Gasteiger partial charge in [0, 0.05) is 37.7 Å². The van der Waals surface area contributed by atoms with Crippen LogP contribution in [0.15, 0.2) is 42.5 Å².